The summed E-state index contributed by atoms with van der Waals surface area (Å²) in [6.07, 6.45) is 7.06. The molecule has 1 aliphatic carbocycles. The molecule has 2 aromatic heterocycles. The van der Waals surface area contributed by atoms with Crippen LogP contribution in [0, 0.1) is 0 Å². The second kappa shape index (κ2) is 9.50. The maximum absolute atomic E-state index is 13.3. The van der Waals surface area contributed by atoms with Gasteiger partial charge in [0.05, 0.1) is 5.69 Å². The number of aromatic nitrogens is 4. The number of H-pyrrole nitrogens is 1. The van der Waals surface area contributed by atoms with Gasteiger partial charge in [-0.1, -0.05) is 13.8 Å². The number of carbonyl (C=O) groups is 2. The van der Waals surface area contributed by atoms with Gasteiger partial charge < -0.3 is 20.9 Å². The summed E-state index contributed by atoms with van der Waals surface area (Å²) in [7, 11) is 0. The highest BCUT2D eigenvalue weighted by atomic mass is 16.2. The molecule has 4 heterocycles. The number of aromatic amines is 1. The zero-order valence-electron chi connectivity index (χ0n) is 22.0. The monoisotopic (exact) mass is 516 g/mol. The molecule has 38 heavy (non-hydrogen) atoms. The molecule has 10 heteroatoms. The van der Waals surface area contributed by atoms with Gasteiger partial charge in [-0.05, 0) is 80.4 Å². The molecule has 0 radical (unpaired) electrons. The lowest BCUT2D eigenvalue weighted by Gasteiger charge is -2.36. The molecule has 2 fully saturated rings. The van der Waals surface area contributed by atoms with Crippen molar-refractivity contribution in [3.63, 3.8) is 0 Å². The number of nitrogens with one attached hydrogen (secondary N) is 2. The van der Waals surface area contributed by atoms with Crippen molar-refractivity contribution in [3.05, 3.63) is 52.8 Å². The lowest BCUT2D eigenvalue weighted by Crippen LogP contribution is -2.45. The highest BCUT2D eigenvalue weighted by Gasteiger charge is 2.38. The summed E-state index contributed by atoms with van der Waals surface area (Å²) < 4.78 is 0. The third-order valence-corrected chi connectivity index (χ3v) is 8.21. The number of amides is 2. The molecular formula is C28H36N8O2. The van der Waals surface area contributed by atoms with Gasteiger partial charge in [-0.2, -0.15) is 5.10 Å². The van der Waals surface area contributed by atoms with Crippen LogP contribution in [0.15, 0.2) is 30.5 Å². The average Bonchev–Trinajstić information content (AvgIpc) is 3.61. The van der Waals surface area contributed by atoms with Crippen molar-refractivity contribution in [2.75, 3.05) is 37.2 Å². The standard InChI is InChI=1S/C28H34N8O2.H2/c1-28(2)15-18-16-30-27(29)32-22(18)23-21(28)24(34-33-23)25(37)31-19-7-5-17(6-8-19)26(38)36-13-9-20(10-14-36)35-11-3-4-12-35;/h5-8,16,20H,3-4,9-15H2,1-2H3,(H,31,37)(H,33,34)(H2,29,30,32);1H. The van der Waals surface area contributed by atoms with Gasteiger partial charge in [0, 0.05) is 43.6 Å². The zero-order chi connectivity index (χ0) is 26.4. The van der Waals surface area contributed by atoms with E-state index in [1.165, 1.54) is 25.9 Å². The first-order valence-corrected chi connectivity index (χ1v) is 13.5. The molecule has 2 saturated heterocycles. The number of anilines is 2. The number of rotatable bonds is 4. The molecule has 0 atom stereocenters. The average molecular weight is 517 g/mol. The number of hydrogen-bond donors (Lipinski definition) is 3. The fourth-order valence-electron chi connectivity index (χ4n) is 6.27. The molecule has 10 nitrogen and oxygen atoms in total. The fraction of sp³-hybridized carbons (Fsp3) is 0.464. The second-order valence-corrected chi connectivity index (χ2v) is 11.3. The van der Waals surface area contributed by atoms with E-state index < -0.39 is 0 Å². The molecule has 3 aliphatic rings. The highest BCUT2D eigenvalue weighted by Crippen LogP contribution is 2.42. The molecule has 2 amide bonds. The topological polar surface area (TPSA) is 133 Å². The Morgan fingerprint density at radius 1 is 1.08 bits per heavy atom. The Morgan fingerprint density at radius 2 is 1.79 bits per heavy atom. The van der Waals surface area contributed by atoms with Crippen LogP contribution in [0.2, 0.25) is 0 Å². The lowest BCUT2D eigenvalue weighted by atomic mass is 9.73. The minimum Gasteiger partial charge on any atom is -0.368 e. The Kier molecular flexibility index (Phi) is 6.14. The number of hydrogen-bond acceptors (Lipinski definition) is 7. The van der Waals surface area contributed by atoms with E-state index in [0.29, 0.717) is 40.8 Å². The molecular weight excluding hydrogens is 480 g/mol. The van der Waals surface area contributed by atoms with E-state index in [-0.39, 0.29) is 24.6 Å². The predicted octanol–water partition coefficient (Wildman–Crippen LogP) is 3.48. The first-order chi connectivity index (χ1) is 18.3. The maximum Gasteiger partial charge on any atom is 0.273 e. The Bertz CT molecular complexity index is 1370. The Balaban J connectivity index is 0.00000308. The highest BCUT2D eigenvalue weighted by molar-refractivity contribution is 6.05. The molecule has 0 unspecified atom stereocenters. The minimum atomic E-state index is -0.347. The molecule has 3 aromatic rings. The van der Waals surface area contributed by atoms with Crippen LogP contribution < -0.4 is 11.1 Å². The van der Waals surface area contributed by atoms with Crippen molar-refractivity contribution >= 4 is 23.5 Å². The normalized spacial score (nSPS) is 19.2. The van der Waals surface area contributed by atoms with Gasteiger partial charge in [-0.25, -0.2) is 9.97 Å². The van der Waals surface area contributed by atoms with Crippen LogP contribution in [-0.2, 0) is 11.8 Å². The second-order valence-electron chi connectivity index (χ2n) is 11.3. The van der Waals surface area contributed by atoms with Gasteiger partial charge in [0.2, 0.25) is 5.95 Å². The van der Waals surface area contributed by atoms with Crippen LogP contribution in [0.4, 0.5) is 11.6 Å². The Hall–Kier alpha value is -3.79. The van der Waals surface area contributed by atoms with Crippen molar-refractivity contribution in [3.8, 4) is 11.4 Å². The molecule has 2 aliphatic heterocycles. The molecule has 4 N–H and O–H groups in total. The van der Waals surface area contributed by atoms with E-state index in [2.05, 4.69) is 44.2 Å². The Morgan fingerprint density at radius 3 is 2.50 bits per heavy atom. The Labute approximate surface area is 223 Å². The first-order valence-electron chi connectivity index (χ1n) is 13.5. The quantitative estimate of drug-likeness (QED) is 0.483. The van der Waals surface area contributed by atoms with Gasteiger partial charge >= 0.3 is 0 Å². The van der Waals surface area contributed by atoms with Gasteiger partial charge in [0.15, 0.2) is 0 Å². The maximum atomic E-state index is 13.3. The van der Waals surface area contributed by atoms with Crippen LogP contribution in [0.3, 0.4) is 0 Å². The van der Waals surface area contributed by atoms with Crippen molar-refractivity contribution in [2.24, 2.45) is 0 Å². The molecule has 1 aromatic carbocycles. The summed E-state index contributed by atoms with van der Waals surface area (Å²) in [5, 5.41) is 10.3. The van der Waals surface area contributed by atoms with Gasteiger partial charge in [0.25, 0.3) is 11.8 Å². The fourth-order valence-corrected chi connectivity index (χ4v) is 6.27. The van der Waals surface area contributed by atoms with Gasteiger partial charge in [-0.15, -0.1) is 0 Å². The van der Waals surface area contributed by atoms with E-state index in [0.717, 1.165) is 37.1 Å². The molecule has 0 saturated carbocycles. The molecule has 200 valence electrons. The number of nitrogen functional groups attached to an aromatic ring is 1. The molecule has 0 bridgehead atoms. The van der Waals surface area contributed by atoms with Crippen LogP contribution in [0.5, 0.6) is 0 Å². The summed E-state index contributed by atoms with van der Waals surface area (Å²) >= 11 is 0. The smallest absolute Gasteiger partial charge is 0.273 e. The number of benzene rings is 1. The summed E-state index contributed by atoms with van der Waals surface area (Å²) in [5.74, 6) is -0.0681. The number of carbonyl (C=O) groups excluding carboxylic acids is 2. The van der Waals surface area contributed by atoms with Crippen molar-refractivity contribution < 1.29 is 11.0 Å². The van der Waals surface area contributed by atoms with E-state index in [1.54, 1.807) is 30.5 Å². The number of nitrogens with zero attached hydrogens (tertiary/aromatic N) is 5. The summed E-state index contributed by atoms with van der Waals surface area (Å²) in [6.45, 7) is 8.12. The van der Waals surface area contributed by atoms with Crippen LogP contribution in [-0.4, -0.2) is 74.0 Å². The van der Waals surface area contributed by atoms with Crippen LogP contribution in [0.25, 0.3) is 11.4 Å². The van der Waals surface area contributed by atoms with Crippen molar-refractivity contribution in [1.29, 1.82) is 0 Å². The SMILES string of the molecule is CC1(C)Cc2cnc(N)nc2-c2n[nH]c(C(=O)Nc3ccc(C(=O)N4CCC(N5CCCC5)CC4)cc3)c21.[HH]. The van der Waals surface area contributed by atoms with Crippen LogP contribution in [0.1, 0.15) is 72.9 Å². The molecule has 0 spiro atoms. The number of nitrogens with two attached hydrogens (primary N) is 1. The van der Waals surface area contributed by atoms with E-state index in [1.807, 2.05) is 4.90 Å². The van der Waals surface area contributed by atoms with Crippen molar-refractivity contribution in [2.45, 2.75) is 57.4 Å². The third-order valence-electron chi connectivity index (χ3n) is 8.21. The lowest BCUT2D eigenvalue weighted by molar-refractivity contribution is 0.0644. The number of piperidine rings is 1. The predicted molar refractivity (Wildman–Crippen MR) is 147 cm³/mol. The summed E-state index contributed by atoms with van der Waals surface area (Å²) in [4.78, 5) is 39.4. The summed E-state index contributed by atoms with van der Waals surface area (Å²) in [5.41, 5.74) is 10.2. The first kappa shape index (κ1) is 24.5. The van der Waals surface area contributed by atoms with E-state index >= 15 is 0 Å². The third kappa shape index (κ3) is 4.42. The zero-order valence-corrected chi connectivity index (χ0v) is 22.0. The van der Waals surface area contributed by atoms with E-state index in [4.69, 9.17) is 5.73 Å². The van der Waals surface area contributed by atoms with Gasteiger partial charge in [-0.3, -0.25) is 14.7 Å². The van der Waals surface area contributed by atoms with Gasteiger partial charge in [0.1, 0.15) is 11.4 Å². The van der Waals surface area contributed by atoms with Crippen LogP contribution >= 0.6 is 0 Å². The summed E-state index contributed by atoms with van der Waals surface area (Å²) in [6, 6.07) is 7.73. The molecule has 6 rings (SSSR count). The van der Waals surface area contributed by atoms with Crippen molar-refractivity contribution in [1.82, 2.24) is 30.0 Å². The van der Waals surface area contributed by atoms with E-state index in [9.17, 15) is 9.59 Å². The largest absolute Gasteiger partial charge is 0.368 e. The minimum absolute atomic E-state index is 0. The number of likely N-dealkylation sites (tertiary alicyclic amines) is 2. The number of fused-ring (bicyclic) bond motifs is 3.